The number of anilines is 1. The van der Waals surface area contributed by atoms with Crippen LogP contribution in [0.25, 0.3) is 11.0 Å². The topological polar surface area (TPSA) is 74.6 Å². The molecule has 0 bridgehead atoms. The van der Waals surface area contributed by atoms with E-state index < -0.39 is 18.1 Å². The van der Waals surface area contributed by atoms with Crippen molar-refractivity contribution in [3.05, 3.63) is 83.7 Å². The Bertz CT molecular complexity index is 1400. The number of nitrogens with one attached hydrogen (secondary N) is 1. The van der Waals surface area contributed by atoms with Gasteiger partial charge in [-0.05, 0) is 66.4 Å². The summed E-state index contributed by atoms with van der Waals surface area (Å²) in [6.45, 7) is 2.82. The van der Waals surface area contributed by atoms with E-state index >= 15 is 0 Å². The second-order valence-corrected chi connectivity index (χ2v) is 9.24. The Morgan fingerprint density at radius 2 is 1.60 bits per heavy atom. The third-order valence-electron chi connectivity index (χ3n) is 6.35. The molecule has 0 radical (unpaired) electrons. The lowest BCUT2D eigenvalue weighted by molar-refractivity contribution is -0.146. The number of rotatable bonds is 12. The first kappa shape index (κ1) is 28.8. The van der Waals surface area contributed by atoms with Gasteiger partial charge in [-0.2, -0.15) is 13.2 Å². The number of nitrogens with zero attached hydrogens (tertiary/aromatic N) is 2. The third-order valence-corrected chi connectivity index (χ3v) is 6.35. The minimum atomic E-state index is -4.63. The summed E-state index contributed by atoms with van der Waals surface area (Å²) in [5.41, 5.74) is 2.77. The Hall–Kier alpha value is -4.21. The van der Waals surface area contributed by atoms with E-state index in [1.54, 1.807) is 13.2 Å². The summed E-state index contributed by atoms with van der Waals surface area (Å²) in [4.78, 5) is 15.8. The molecule has 0 aliphatic rings. The molecular weight excluding hydrogens is 523 g/mol. The number of carbonyl (C=O) groups excluding carboxylic acids is 1. The van der Waals surface area contributed by atoms with Gasteiger partial charge in [0.1, 0.15) is 11.5 Å². The van der Waals surface area contributed by atoms with Crippen molar-refractivity contribution >= 4 is 22.8 Å². The molecule has 0 saturated heterocycles. The molecule has 1 heterocycles. The summed E-state index contributed by atoms with van der Waals surface area (Å²) < 4.78 is 58.7. The maximum absolute atomic E-state index is 13.8. The number of carbonyl (C=O) groups is 1. The number of amides is 1. The van der Waals surface area contributed by atoms with Gasteiger partial charge < -0.3 is 18.8 Å². The van der Waals surface area contributed by atoms with Gasteiger partial charge >= 0.3 is 12.3 Å². The van der Waals surface area contributed by atoms with E-state index in [1.807, 2.05) is 55.5 Å². The quantitative estimate of drug-likeness (QED) is 0.186. The Kier molecular flexibility index (Phi) is 9.52. The molecule has 0 atom stereocenters. The number of methoxy groups -OCH3 is 1. The first-order chi connectivity index (χ1) is 19.3. The fourth-order valence-electron chi connectivity index (χ4n) is 4.19. The van der Waals surface area contributed by atoms with Crippen molar-refractivity contribution in [3.8, 4) is 11.5 Å². The molecule has 10 heteroatoms. The fourth-order valence-corrected chi connectivity index (χ4v) is 4.19. The second kappa shape index (κ2) is 13.2. The zero-order valence-corrected chi connectivity index (χ0v) is 22.5. The van der Waals surface area contributed by atoms with Crippen LogP contribution < -0.4 is 14.8 Å². The maximum atomic E-state index is 13.8. The van der Waals surface area contributed by atoms with Crippen LogP contribution in [0.1, 0.15) is 36.7 Å². The number of fused-ring (bicyclic) bond motifs is 1. The van der Waals surface area contributed by atoms with E-state index in [4.69, 9.17) is 14.2 Å². The normalized spacial score (nSPS) is 11.4. The zero-order valence-electron chi connectivity index (χ0n) is 22.5. The van der Waals surface area contributed by atoms with Gasteiger partial charge in [-0.25, -0.2) is 9.78 Å². The Labute approximate surface area is 230 Å². The average Bonchev–Trinajstić information content (AvgIpc) is 3.31. The van der Waals surface area contributed by atoms with Crippen LogP contribution in [0.4, 0.5) is 23.7 Å². The molecule has 1 amide bonds. The Morgan fingerprint density at radius 1 is 0.925 bits per heavy atom. The van der Waals surface area contributed by atoms with E-state index in [2.05, 4.69) is 10.3 Å². The van der Waals surface area contributed by atoms with Gasteiger partial charge in [-0.15, -0.1) is 0 Å². The highest BCUT2D eigenvalue weighted by Crippen LogP contribution is 2.32. The van der Waals surface area contributed by atoms with E-state index in [-0.39, 0.29) is 18.7 Å². The molecule has 0 aliphatic heterocycles. The van der Waals surface area contributed by atoms with Crippen LogP contribution in [0.15, 0.2) is 66.7 Å². The van der Waals surface area contributed by atoms with Crippen molar-refractivity contribution in [2.75, 3.05) is 25.6 Å². The highest BCUT2D eigenvalue weighted by molar-refractivity contribution is 5.89. The second-order valence-electron chi connectivity index (χ2n) is 9.24. The van der Waals surface area contributed by atoms with Crippen molar-refractivity contribution in [3.63, 3.8) is 0 Å². The van der Waals surface area contributed by atoms with Crippen LogP contribution in [-0.2, 0) is 30.3 Å². The van der Waals surface area contributed by atoms with Crippen LogP contribution in [0.2, 0.25) is 0 Å². The number of imidazole rings is 1. The van der Waals surface area contributed by atoms with Gasteiger partial charge in [0.15, 0.2) is 0 Å². The molecule has 0 fully saturated rings. The third kappa shape index (κ3) is 7.68. The monoisotopic (exact) mass is 555 g/mol. The molecular formula is C30H32F3N3O4. The van der Waals surface area contributed by atoms with Crippen molar-refractivity contribution in [2.45, 2.75) is 45.3 Å². The molecule has 0 saturated carbocycles. The lowest BCUT2D eigenvalue weighted by Crippen LogP contribution is -2.16. The predicted octanol–water partition coefficient (Wildman–Crippen LogP) is 7.28. The predicted molar refractivity (Wildman–Crippen MR) is 147 cm³/mol. The minimum absolute atomic E-state index is 0.0782. The summed E-state index contributed by atoms with van der Waals surface area (Å²) in [5, 5.41) is 2.54. The number of hydrogen-bond acceptors (Lipinski definition) is 5. The molecule has 7 nitrogen and oxygen atoms in total. The first-order valence-electron chi connectivity index (χ1n) is 13.1. The number of halogens is 3. The summed E-state index contributed by atoms with van der Waals surface area (Å²) in [6, 6.07) is 19.6. The van der Waals surface area contributed by atoms with Crippen molar-refractivity contribution in [1.29, 1.82) is 0 Å². The number of ether oxygens (including phenoxy) is 3. The molecule has 1 aromatic heterocycles. The molecule has 1 N–H and O–H groups in total. The molecule has 0 spiro atoms. The maximum Gasteiger partial charge on any atom is 0.449 e. The molecule has 40 heavy (non-hydrogen) atoms. The summed E-state index contributed by atoms with van der Waals surface area (Å²) >= 11 is 0. The number of unbranched alkanes of at least 4 members (excludes halogenated alkanes) is 1. The van der Waals surface area contributed by atoms with Gasteiger partial charge in [0.2, 0.25) is 5.82 Å². The fraction of sp³-hybridized carbons (Fsp3) is 0.333. The van der Waals surface area contributed by atoms with Crippen molar-refractivity contribution in [1.82, 2.24) is 9.55 Å². The van der Waals surface area contributed by atoms with Crippen molar-refractivity contribution in [2.24, 2.45) is 0 Å². The summed E-state index contributed by atoms with van der Waals surface area (Å²) in [6.07, 6.45) is -2.59. The lowest BCUT2D eigenvalue weighted by atomic mass is 10.1. The smallest absolute Gasteiger partial charge is 0.449 e. The van der Waals surface area contributed by atoms with Gasteiger partial charge in [-0.3, -0.25) is 5.32 Å². The van der Waals surface area contributed by atoms with Gasteiger partial charge in [0.05, 0.1) is 31.4 Å². The van der Waals surface area contributed by atoms with Gasteiger partial charge in [0.25, 0.3) is 0 Å². The van der Waals surface area contributed by atoms with E-state index in [9.17, 15) is 18.0 Å². The lowest BCUT2D eigenvalue weighted by Gasteiger charge is -2.12. The van der Waals surface area contributed by atoms with Crippen molar-refractivity contribution < 1.29 is 32.2 Å². The number of aryl methyl sites for hydroxylation is 2. The number of alkyl halides is 3. The van der Waals surface area contributed by atoms with Crippen LogP contribution >= 0.6 is 0 Å². The van der Waals surface area contributed by atoms with E-state index in [0.29, 0.717) is 30.0 Å². The molecule has 4 rings (SSSR count). The standard InChI is InChI=1S/C30H32F3N3O4/c1-3-4-18-40-29(37)34-23-9-14-27-26(20-23)35-28(30(31,32)33)36(27)17-15-21-7-12-25(13-8-21)39-19-16-22-5-10-24(38-2)11-6-22/h5-14,20H,3-4,15-19H2,1-2H3,(H,34,37). The molecule has 4 aromatic rings. The molecule has 0 aliphatic carbocycles. The first-order valence-corrected chi connectivity index (χ1v) is 13.1. The average molecular weight is 556 g/mol. The van der Waals surface area contributed by atoms with Gasteiger partial charge in [0, 0.05) is 18.7 Å². The zero-order chi connectivity index (χ0) is 28.5. The number of hydrogen-bond donors (Lipinski definition) is 1. The molecule has 0 unspecified atom stereocenters. The number of aromatic nitrogens is 2. The Balaban J connectivity index is 1.38. The summed E-state index contributed by atoms with van der Waals surface area (Å²) in [7, 11) is 1.62. The van der Waals surface area contributed by atoms with Crippen LogP contribution in [-0.4, -0.2) is 36.0 Å². The Morgan fingerprint density at radius 3 is 2.25 bits per heavy atom. The summed E-state index contributed by atoms with van der Waals surface area (Å²) in [5.74, 6) is 0.506. The van der Waals surface area contributed by atoms with Crippen LogP contribution in [0, 0.1) is 0 Å². The van der Waals surface area contributed by atoms with Crippen LogP contribution in [0.5, 0.6) is 11.5 Å². The largest absolute Gasteiger partial charge is 0.497 e. The minimum Gasteiger partial charge on any atom is -0.497 e. The highest BCUT2D eigenvalue weighted by atomic mass is 19.4. The van der Waals surface area contributed by atoms with E-state index in [1.165, 1.54) is 12.1 Å². The highest BCUT2D eigenvalue weighted by Gasteiger charge is 2.37. The van der Waals surface area contributed by atoms with Gasteiger partial charge in [-0.1, -0.05) is 37.6 Å². The van der Waals surface area contributed by atoms with Crippen LogP contribution in [0.3, 0.4) is 0 Å². The van der Waals surface area contributed by atoms with E-state index in [0.717, 1.165) is 40.7 Å². The molecule has 3 aromatic carbocycles. The SMILES string of the molecule is CCCCOC(=O)Nc1ccc2c(c1)nc(C(F)(F)F)n2CCc1ccc(OCCc2ccc(OC)cc2)cc1. The number of benzene rings is 3. The molecule has 212 valence electrons.